The van der Waals surface area contributed by atoms with E-state index in [-0.39, 0.29) is 13.0 Å². The summed E-state index contributed by atoms with van der Waals surface area (Å²) in [6.45, 7) is 7.14. The molecule has 9 nitrogen and oxygen atoms in total. The van der Waals surface area contributed by atoms with Crippen molar-refractivity contribution in [3.05, 3.63) is 65.1 Å². The molecule has 0 saturated carbocycles. The molecule has 0 spiro atoms. The number of hydrogen-bond acceptors (Lipinski definition) is 8. The first kappa shape index (κ1) is 30.1. The first-order chi connectivity index (χ1) is 21.3. The predicted molar refractivity (Wildman–Crippen MR) is 170 cm³/mol. The van der Waals surface area contributed by atoms with Crippen molar-refractivity contribution in [2.24, 2.45) is 0 Å². The molecular formula is C33H37ClFN7O2. The number of benzene rings is 2. The van der Waals surface area contributed by atoms with Crippen LogP contribution in [0, 0.1) is 11.3 Å². The summed E-state index contributed by atoms with van der Waals surface area (Å²) in [5.41, 5.74) is 2.98. The maximum atomic E-state index is 13.8. The summed E-state index contributed by atoms with van der Waals surface area (Å²) in [5, 5.41) is 12.3. The fraction of sp³-hybridized carbons (Fsp3) is 0.455. The summed E-state index contributed by atoms with van der Waals surface area (Å²) in [7, 11) is 2.11. The number of anilines is 2. The van der Waals surface area contributed by atoms with Gasteiger partial charge >= 0.3 is 6.01 Å². The second kappa shape index (κ2) is 13.0. The van der Waals surface area contributed by atoms with Crippen molar-refractivity contribution in [3.63, 3.8) is 0 Å². The topological polar surface area (TPSA) is 88.8 Å². The number of ether oxygens (including phenoxy) is 1. The third-order valence-electron chi connectivity index (χ3n) is 9.10. The van der Waals surface area contributed by atoms with Gasteiger partial charge in [0.05, 0.1) is 35.8 Å². The Bertz CT molecular complexity index is 1610. The van der Waals surface area contributed by atoms with E-state index in [4.69, 9.17) is 26.3 Å². The minimum Gasteiger partial charge on any atom is -0.462 e. The van der Waals surface area contributed by atoms with Crippen LogP contribution in [0.2, 0.25) is 5.02 Å². The van der Waals surface area contributed by atoms with Crippen LogP contribution in [0.4, 0.5) is 15.9 Å². The highest BCUT2D eigenvalue weighted by molar-refractivity contribution is 6.36. The smallest absolute Gasteiger partial charge is 0.318 e. The molecule has 1 amide bonds. The highest BCUT2D eigenvalue weighted by atomic mass is 35.5. The molecule has 2 fully saturated rings. The van der Waals surface area contributed by atoms with E-state index in [1.165, 1.54) is 4.90 Å². The van der Waals surface area contributed by atoms with Crippen LogP contribution in [0.25, 0.3) is 10.8 Å². The summed E-state index contributed by atoms with van der Waals surface area (Å²) in [6.07, 6.45) is 3.91. The van der Waals surface area contributed by atoms with Crippen LogP contribution >= 0.6 is 11.6 Å². The summed E-state index contributed by atoms with van der Waals surface area (Å²) < 4.78 is 20.1. The van der Waals surface area contributed by atoms with Gasteiger partial charge in [0.2, 0.25) is 0 Å². The van der Waals surface area contributed by atoms with Gasteiger partial charge in [0, 0.05) is 48.9 Å². The lowest BCUT2D eigenvalue weighted by Crippen LogP contribution is -2.55. The van der Waals surface area contributed by atoms with Crippen LogP contribution in [0.15, 0.2) is 48.8 Å². The van der Waals surface area contributed by atoms with Crippen molar-refractivity contribution < 1.29 is 13.9 Å². The molecule has 0 N–H and O–H groups in total. The molecule has 1 aromatic heterocycles. The number of nitrogens with zero attached hydrogens (tertiary/aromatic N) is 7. The largest absolute Gasteiger partial charge is 0.462 e. The molecule has 0 aliphatic carbocycles. The lowest BCUT2D eigenvalue weighted by Gasteiger charge is -2.41. The average Bonchev–Trinajstić information content (AvgIpc) is 3.31. The minimum atomic E-state index is -1.02. The van der Waals surface area contributed by atoms with Crippen LogP contribution in [0.1, 0.15) is 36.9 Å². The Morgan fingerprint density at radius 3 is 2.68 bits per heavy atom. The van der Waals surface area contributed by atoms with Gasteiger partial charge in [-0.15, -0.1) is 0 Å². The Morgan fingerprint density at radius 2 is 1.93 bits per heavy atom. The fourth-order valence-corrected chi connectivity index (χ4v) is 7.05. The highest BCUT2D eigenvalue weighted by Crippen LogP contribution is 2.37. The van der Waals surface area contributed by atoms with E-state index in [0.29, 0.717) is 43.3 Å². The molecule has 11 heteroatoms. The summed E-state index contributed by atoms with van der Waals surface area (Å²) in [4.78, 5) is 30.6. The van der Waals surface area contributed by atoms with E-state index in [9.17, 15) is 14.4 Å². The van der Waals surface area contributed by atoms with Crippen molar-refractivity contribution in [1.82, 2.24) is 19.8 Å². The number of piperazine rings is 1. The number of halogens is 2. The molecule has 3 aliphatic heterocycles. The second-order valence-corrected chi connectivity index (χ2v) is 12.3. The van der Waals surface area contributed by atoms with Crippen molar-refractivity contribution in [2.45, 2.75) is 50.7 Å². The number of hydrogen-bond donors (Lipinski definition) is 0. The number of nitriles is 1. The van der Waals surface area contributed by atoms with Crippen molar-refractivity contribution in [2.75, 3.05) is 56.2 Å². The van der Waals surface area contributed by atoms with Gasteiger partial charge in [-0.1, -0.05) is 42.4 Å². The number of likely N-dealkylation sites (tertiary alicyclic amines) is 1. The van der Waals surface area contributed by atoms with E-state index in [2.05, 4.69) is 58.7 Å². The van der Waals surface area contributed by atoms with Gasteiger partial charge in [-0.05, 0) is 56.8 Å². The molecule has 2 aromatic carbocycles. The first-order valence-corrected chi connectivity index (χ1v) is 15.6. The van der Waals surface area contributed by atoms with E-state index in [1.54, 1.807) is 0 Å². The van der Waals surface area contributed by atoms with E-state index < -0.39 is 17.8 Å². The Hall–Kier alpha value is -3.94. The molecule has 0 bridgehead atoms. The maximum Gasteiger partial charge on any atom is 0.318 e. The van der Waals surface area contributed by atoms with Crippen LogP contribution in [-0.4, -0.2) is 84.1 Å². The molecule has 2 atom stereocenters. The molecular weight excluding hydrogens is 581 g/mol. The first-order valence-electron chi connectivity index (χ1n) is 15.3. The molecule has 3 aliphatic rings. The SMILES string of the molecule is C=C(F)C(=O)N1CCN(c2nc(OC[C@H]3CCCN3C)nc3c2CCCN(c2cccc4cccc(Cl)c24)C3)C[C@@H]1CC#N. The molecule has 0 radical (unpaired) electrons. The lowest BCUT2D eigenvalue weighted by molar-refractivity contribution is -0.131. The number of rotatable bonds is 7. The van der Waals surface area contributed by atoms with Gasteiger partial charge in [-0.2, -0.15) is 15.2 Å². The Labute approximate surface area is 262 Å². The van der Waals surface area contributed by atoms with Gasteiger partial charge in [0.15, 0.2) is 5.83 Å². The molecule has 2 saturated heterocycles. The Kier molecular flexibility index (Phi) is 8.87. The third kappa shape index (κ3) is 6.04. The molecule has 3 aromatic rings. The van der Waals surface area contributed by atoms with Gasteiger partial charge in [0.1, 0.15) is 12.4 Å². The van der Waals surface area contributed by atoms with Crippen molar-refractivity contribution in [3.8, 4) is 12.1 Å². The number of likely N-dealkylation sites (N-methyl/N-ethyl adjacent to an activating group) is 1. The molecule has 0 unspecified atom stereocenters. The zero-order valence-corrected chi connectivity index (χ0v) is 25.8. The summed E-state index contributed by atoms with van der Waals surface area (Å²) in [6, 6.07) is 14.5. The van der Waals surface area contributed by atoms with E-state index in [1.807, 2.05) is 12.1 Å². The van der Waals surface area contributed by atoms with Crippen molar-refractivity contribution in [1.29, 1.82) is 5.26 Å². The molecule has 4 heterocycles. The van der Waals surface area contributed by atoms with Gasteiger partial charge in [-0.25, -0.2) is 4.39 Å². The maximum absolute atomic E-state index is 13.8. The normalized spacial score (nSPS) is 20.7. The van der Waals surface area contributed by atoms with E-state index in [0.717, 1.165) is 72.3 Å². The quantitative estimate of drug-likeness (QED) is 0.338. The van der Waals surface area contributed by atoms with Crippen LogP contribution < -0.4 is 14.5 Å². The van der Waals surface area contributed by atoms with Gasteiger partial charge < -0.3 is 24.3 Å². The summed E-state index contributed by atoms with van der Waals surface area (Å²) in [5.74, 6) is -1.02. The molecule has 44 heavy (non-hydrogen) atoms. The highest BCUT2D eigenvalue weighted by Gasteiger charge is 2.34. The van der Waals surface area contributed by atoms with Gasteiger partial charge in [0.25, 0.3) is 5.91 Å². The number of amides is 1. The second-order valence-electron chi connectivity index (χ2n) is 11.8. The van der Waals surface area contributed by atoms with Crippen LogP contribution in [0.3, 0.4) is 0 Å². The monoisotopic (exact) mass is 617 g/mol. The summed E-state index contributed by atoms with van der Waals surface area (Å²) >= 11 is 6.72. The molecule has 6 rings (SSSR count). The van der Waals surface area contributed by atoms with Gasteiger partial charge in [-0.3, -0.25) is 4.79 Å². The molecule has 230 valence electrons. The van der Waals surface area contributed by atoms with Crippen LogP contribution in [0.5, 0.6) is 6.01 Å². The standard InChI is InChI=1S/C33H37ClFN7O2/c1-22(35)32(43)42-18-17-41(19-24(42)13-14-36)31-26-10-6-16-40(29-12-4-8-23-7-3-11-27(34)30(23)29)20-28(26)37-33(38-31)44-21-25-9-5-15-39(25)2/h3-4,7-8,11-12,24-25H,1,5-6,9-10,13,15-21H2,2H3/t24-,25+/m0/s1. The fourth-order valence-electron chi connectivity index (χ4n) is 6.77. The van der Waals surface area contributed by atoms with E-state index >= 15 is 0 Å². The zero-order chi connectivity index (χ0) is 30.8. The third-order valence-corrected chi connectivity index (χ3v) is 9.41. The number of carbonyl (C=O) groups excluding carboxylic acids is 1. The Balaban J connectivity index is 1.36. The van der Waals surface area contributed by atoms with Crippen LogP contribution in [-0.2, 0) is 17.8 Å². The number of fused-ring (bicyclic) bond motifs is 2. The minimum absolute atomic E-state index is 0.0792. The number of aromatic nitrogens is 2. The lowest BCUT2D eigenvalue weighted by atomic mass is 10.1. The van der Waals surface area contributed by atoms with Crippen molar-refractivity contribution >= 4 is 39.8 Å². The number of carbonyl (C=O) groups is 1. The zero-order valence-electron chi connectivity index (χ0n) is 25.0. The Morgan fingerprint density at radius 1 is 1.11 bits per heavy atom. The average molecular weight is 618 g/mol. The predicted octanol–water partition coefficient (Wildman–Crippen LogP) is 5.12.